The van der Waals surface area contributed by atoms with E-state index in [0.717, 1.165) is 31.2 Å². The van der Waals surface area contributed by atoms with Gasteiger partial charge in [-0.1, -0.05) is 0 Å². The number of carbonyl (C=O) groups excluding carboxylic acids is 1. The van der Waals surface area contributed by atoms with Crippen LogP contribution in [0.5, 0.6) is 0 Å². The zero-order valence-electron chi connectivity index (χ0n) is 14.5. The van der Waals surface area contributed by atoms with Crippen molar-refractivity contribution in [3.8, 4) is 0 Å². The molecule has 2 N–H and O–H groups in total. The van der Waals surface area contributed by atoms with Crippen LogP contribution in [0.25, 0.3) is 10.2 Å². The molecule has 0 bridgehead atoms. The van der Waals surface area contributed by atoms with Gasteiger partial charge in [0.15, 0.2) is 6.10 Å². The Bertz CT molecular complexity index is 891. The Hall–Kier alpha value is -1.94. The van der Waals surface area contributed by atoms with Gasteiger partial charge in [0.2, 0.25) is 5.91 Å². The Morgan fingerprint density at radius 3 is 2.85 bits per heavy atom. The minimum atomic E-state index is -4.70. The maximum atomic E-state index is 12.7. The number of halogens is 3. The molecule has 0 radical (unpaired) electrons. The molecule has 1 aliphatic carbocycles. The molecule has 1 atom stereocenters. The van der Waals surface area contributed by atoms with Crippen LogP contribution in [0.1, 0.15) is 36.1 Å². The molecule has 6 nitrogen and oxygen atoms in total. The standard InChI is InChI=1S/C17H20F3N3O3S/c18-17(19,20)12(24)5-7-21-13(25)6-8-23-9-22-15-14(16(23)26)10-3-1-2-4-11(10)27-15/h9,12,24H,1-8H2,(H,21,25). The van der Waals surface area contributed by atoms with Gasteiger partial charge in [-0.15, -0.1) is 11.3 Å². The smallest absolute Gasteiger partial charge is 0.384 e. The number of alkyl halides is 3. The van der Waals surface area contributed by atoms with E-state index < -0.39 is 24.6 Å². The van der Waals surface area contributed by atoms with Crippen molar-refractivity contribution in [1.82, 2.24) is 14.9 Å². The van der Waals surface area contributed by atoms with Gasteiger partial charge >= 0.3 is 6.18 Å². The van der Waals surface area contributed by atoms with Gasteiger partial charge in [-0.25, -0.2) is 4.98 Å². The minimum Gasteiger partial charge on any atom is -0.384 e. The average Bonchev–Trinajstić information content (AvgIpc) is 2.99. The van der Waals surface area contributed by atoms with Crippen molar-refractivity contribution in [2.24, 2.45) is 0 Å². The summed E-state index contributed by atoms with van der Waals surface area (Å²) >= 11 is 1.54. The SMILES string of the molecule is O=C(CCn1cnc2sc3c(c2c1=O)CCCC3)NCCC(O)C(F)(F)F. The number of aryl methyl sites for hydroxylation is 3. The second-order valence-corrected chi connectivity index (χ2v) is 7.66. The normalized spacial score (nSPS) is 15.6. The first kappa shape index (κ1) is 19.8. The van der Waals surface area contributed by atoms with Crippen LogP contribution in [0.2, 0.25) is 0 Å². The maximum Gasteiger partial charge on any atom is 0.414 e. The predicted molar refractivity (Wildman–Crippen MR) is 94.8 cm³/mol. The van der Waals surface area contributed by atoms with Gasteiger partial charge in [-0.2, -0.15) is 13.2 Å². The van der Waals surface area contributed by atoms with Crippen LogP contribution in [-0.4, -0.2) is 39.4 Å². The molecule has 1 unspecified atom stereocenters. The molecular formula is C17H20F3N3O3S. The lowest BCUT2D eigenvalue weighted by molar-refractivity contribution is -0.205. The monoisotopic (exact) mass is 403 g/mol. The van der Waals surface area contributed by atoms with Gasteiger partial charge < -0.3 is 10.4 Å². The Morgan fingerprint density at radius 2 is 2.11 bits per heavy atom. The minimum absolute atomic E-state index is 0.0540. The molecule has 0 aliphatic heterocycles. The van der Waals surface area contributed by atoms with E-state index in [2.05, 4.69) is 10.3 Å². The molecule has 0 spiro atoms. The van der Waals surface area contributed by atoms with Gasteiger partial charge in [0, 0.05) is 24.4 Å². The molecule has 0 saturated carbocycles. The third-order valence-corrected chi connectivity index (χ3v) is 5.84. The molecule has 10 heteroatoms. The van der Waals surface area contributed by atoms with Crippen LogP contribution in [0.3, 0.4) is 0 Å². The van der Waals surface area contributed by atoms with E-state index >= 15 is 0 Å². The van der Waals surface area contributed by atoms with Crippen LogP contribution in [0, 0.1) is 0 Å². The molecule has 1 amide bonds. The van der Waals surface area contributed by atoms with E-state index in [0.29, 0.717) is 10.2 Å². The van der Waals surface area contributed by atoms with E-state index in [1.165, 1.54) is 15.8 Å². The van der Waals surface area contributed by atoms with Crippen molar-refractivity contribution >= 4 is 27.5 Å². The third kappa shape index (κ3) is 4.49. The number of hydrogen-bond donors (Lipinski definition) is 2. The van der Waals surface area contributed by atoms with Crippen molar-refractivity contribution in [1.29, 1.82) is 0 Å². The molecule has 1 aliphatic rings. The molecule has 2 heterocycles. The first-order valence-electron chi connectivity index (χ1n) is 8.78. The van der Waals surface area contributed by atoms with Crippen molar-refractivity contribution < 1.29 is 23.1 Å². The van der Waals surface area contributed by atoms with Gasteiger partial charge in [0.1, 0.15) is 4.83 Å². The van der Waals surface area contributed by atoms with E-state index in [-0.39, 0.29) is 25.1 Å². The number of nitrogens with zero attached hydrogens (tertiary/aromatic N) is 2. The summed E-state index contributed by atoms with van der Waals surface area (Å²) in [6.07, 6.45) is -2.44. The second-order valence-electron chi connectivity index (χ2n) is 6.58. The van der Waals surface area contributed by atoms with Crippen LogP contribution >= 0.6 is 11.3 Å². The molecule has 3 rings (SSSR count). The first-order chi connectivity index (χ1) is 12.8. The Morgan fingerprint density at radius 1 is 1.37 bits per heavy atom. The van der Waals surface area contributed by atoms with Crippen molar-refractivity contribution in [2.45, 2.75) is 57.3 Å². The number of aliphatic hydroxyl groups excluding tert-OH is 1. The number of aliphatic hydroxyl groups is 1. The summed E-state index contributed by atoms with van der Waals surface area (Å²) in [6.45, 7) is -0.191. The number of aromatic nitrogens is 2. The lowest BCUT2D eigenvalue weighted by atomic mass is 9.97. The van der Waals surface area contributed by atoms with Crippen molar-refractivity contribution in [2.75, 3.05) is 6.54 Å². The summed E-state index contributed by atoms with van der Waals surface area (Å²) in [6, 6.07) is 0. The topological polar surface area (TPSA) is 84.2 Å². The molecule has 0 fully saturated rings. The molecular weight excluding hydrogens is 383 g/mol. The number of amides is 1. The van der Waals surface area contributed by atoms with E-state index in [9.17, 15) is 22.8 Å². The number of carbonyl (C=O) groups is 1. The zero-order chi connectivity index (χ0) is 19.6. The highest BCUT2D eigenvalue weighted by Crippen LogP contribution is 2.33. The van der Waals surface area contributed by atoms with Crippen LogP contribution < -0.4 is 10.9 Å². The van der Waals surface area contributed by atoms with Crippen molar-refractivity contribution in [3.05, 3.63) is 27.1 Å². The summed E-state index contributed by atoms with van der Waals surface area (Å²) < 4.78 is 38.0. The fraction of sp³-hybridized carbons (Fsp3) is 0.588. The molecule has 0 saturated heterocycles. The van der Waals surface area contributed by atoms with E-state index in [1.54, 1.807) is 11.3 Å². The van der Waals surface area contributed by atoms with Gasteiger partial charge in [-0.3, -0.25) is 14.2 Å². The maximum absolute atomic E-state index is 12.7. The lowest BCUT2D eigenvalue weighted by Crippen LogP contribution is -2.34. The lowest BCUT2D eigenvalue weighted by Gasteiger charge is -2.14. The molecule has 0 aromatic carbocycles. The highest BCUT2D eigenvalue weighted by molar-refractivity contribution is 7.18. The van der Waals surface area contributed by atoms with E-state index in [4.69, 9.17) is 5.11 Å². The molecule has 27 heavy (non-hydrogen) atoms. The van der Waals surface area contributed by atoms with Crippen molar-refractivity contribution in [3.63, 3.8) is 0 Å². The number of fused-ring (bicyclic) bond motifs is 3. The number of nitrogens with one attached hydrogen (secondary N) is 1. The van der Waals surface area contributed by atoms with Crippen LogP contribution in [-0.2, 0) is 24.2 Å². The molecule has 148 valence electrons. The van der Waals surface area contributed by atoms with Crippen LogP contribution in [0.15, 0.2) is 11.1 Å². The Kier molecular flexibility index (Phi) is 5.85. The summed E-state index contributed by atoms with van der Waals surface area (Å²) in [7, 11) is 0. The largest absolute Gasteiger partial charge is 0.414 e. The summed E-state index contributed by atoms with van der Waals surface area (Å²) in [5.74, 6) is -0.483. The number of thiophene rings is 1. The summed E-state index contributed by atoms with van der Waals surface area (Å²) in [5.41, 5.74) is 0.887. The molecule has 2 aromatic heterocycles. The Labute approximate surface area is 157 Å². The van der Waals surface area contributed by atoms with Crippen LogP contribution in [0.4, 0.5) is 13.2 Å². The van der Waals surface area contributed by atoms with Gasteiger partial charge in [-0.05, 0) is 37.7 Å². The fourth-order valence-electron chi connectivity index (χ4n) is 3.16. The number of rotatable bonds is 6. The predicted octanol–water partition coefficient (Wildman–Crippen LogP) is 2.16. The van der Waals surface area contributed by atoms with Gasteiger partial charge in [0.05, 0.1) is 11.7 Å². The zero-order valence-corrected chi connectivity index (χ0v) is 15.3. The first-order valence-corrected chi connectivity index (χ1v) is 9.60. The van der Waals surface area contributed by atoms with Gasteiger partial charge in [0.25, 0.3) is 5.56 Å². The van der Waals surface area contributed by atoms with E-state index in [1.807, 2.05) is 0 Å². The summed E-state index contributed by atoms with van der Waals surface area (Å²) in [5, 5.41) is 11.8. The quantitative estimate of drug-likeness (QED) is 0.774. The number of hydrogen-bond acceptors (Lipinski definition) is 5. The highest BCUT2D eigenvalue weighted by atomic mass is 32.1. The summed E-state index contributed by atoms with van der Waals surface area (Å²) in [4.78, 5) is 30.8. The second kappa shape index (κ2) is 7.97. The average molecular weight is 403 g/mol. The Balaban J connectivity index is 1.60. The highest BCUT2D eigenvalue weighted by Gasteiger charge is 2.37. The third-order valence-electron chi connectivity index (χ3n) is 4.64. The molecule has 2 aromatic rings. The fourth-order valence-corrected chi connectivity index (χ4v) is 4.38.